The number of carbonyl (C=O) groups excluding carboxylic acids is 1. The van der Waals surface area contributed by atoms with E-state index in [-0.39, 0.29) is 5.97 Å². The normalized spacial score (nSPS) is 13.0. The van der Waals surface area contributed by atoms with Gasteiger partial charge in [-0.25, -0.2) is 0 Å². The van der Waals surface area contributed by atoms with Gasteiger partial charge in [-0.2, -0.15) is 0 Å². The molecule has 0 spiro atoms. The topological polar surface area (TPSA) is 26.3 Å². The number of aryl methyl sites for hydroxylation is 2. The monoisotopic (exact) mass is 302 g/mol. The third kappa shape index (κ3) is 2.85. The van der Waals surface area contributed by atoms with Crippen LogP contribution in [0.4, 0.5) is 0 Å². The van der Waals surface area contributed by atoms with Crippen LogP contribution in [0.25, 0.3) is 10.8 Å². The Morgan fingerprint density at radius 3 is 2.70 bits per heavy atom. The Morgan fingerprint density at radius 1 is 0.913 bits per heavy atom. The maximum Gasteiger partial charge on any atom is 0.315 e. The first-order chi connectivity index (χ1) is 11.3. The average Bonchev–Trinajstić information content (AvgIpc) is 3.03. The Kier molecular flexibility index (Phi) is 3.58. The van der Waals surface area contributed by atoms with Gasteiger partial charge in [0.2, 0.25) is 0 Å². The van der Waals surface area contributed by atoms with Crippen LogP contribution in [0.5, 0.6) is 5.75 Å². The van der Waals surface area contributed by atoms with Crippen molar-refractivity contribution in [3.05, 3.63) is 77.4 Å². The second-order valence-electron chi connectivity index (χ2n) is 6.07. The van der Waals surface area contributed by atoms with Crippen molar-refractivity contribution in [2.24, 2.45) is 0 Å². The number of hydrogen-bond acceptors (Lipinski definition) is 2. The average molecular weight is 302 g/mol. The summed E-state index contributed by atoms with van der Waals surface area (Å²) in [5.74, 6) is 0.454. The molecule has 3 aromatic rings. The van der Waals surface area contributed by atoms with Gasteiger partial charge in [0.15, 0.2) is 0 Å². The van der Waals surface area contributed by atoms with Crippen molar-refractivity contribution in [3.63, 3.8) is 0 Å². The fraction of sp³-hybridized carbons (Fsp3) is 0.190. The highest BCUT2D eigenvalue weighted by atomic mass is 16.5. The van der Waals surface area contributed by atoms with Crippen LogP contribution in [-0.4, -0.2) is 5.97 Å². The van der Waals surface area contributed by atoms with Gasteiger partial charge >= 0.3 is 5.97 Å². The summed E-state index contributed by atoms with van der Waals surface area (Å²) in [6.45, 7) is 0. The van der Waals surface area contributed by atoms with Gasteiger partial charge in [-0.05, 0) is 58.9 Å². The summed E-state index contributed by atoms with van der Waals surface area (Å²) in [4.78, 5) is 12.3. The number of ether oxygens (including phenoxy) is 1. The molecular weight excluding hydrogens is 284 g/mol. The highest BCUT2D eigenvalue weighted by Crippen LogP contribution is 2.26. The van der Waals surface area contributed by atoms with Crippen LogP contribution in [0, 0.1) is 0 Å². The molecular formula is C21H18O2. The van der Waals surface area contributed by atoms with Gasteiger partial charge < -0.3 is 4.74 Å². The first-order valence-corrected chi connectivity index (χ1v) is 8.09. The van der Waals surface area contributed by atoms with Gasteiger partial charge in [0.1, 0.15) is 5.75 Å². The largest absolute Gasteiger partial charge is 0.426 e. The predicted octanol–water partition coefficient (Wildman–Crippen LogP) is 4.48. The lowest BCUT2D eigenvalue weighted by Crippen LogP contribution is -2.11. The van der Waals surface area contributed by atoms with E-state index in [1.807, 2.05) is 42.5 Å². The summed E-state index contributed by atoms with van der Waals surface area (Å²) in [6.07, 6.45) is 3.71. The molecule has 0 bridgehead atoms. The lowest BCUT2D eigenvalue weighted by molar-refractivity contribution is -0.133. The zero-order valence-corrected chi connectivity index (χ0v) is 12.9. The Balaban J connectivity index is 1.53. The van der Waals surface area contributed by atoms with Crippen LogP contribution >= 0.6 is 0 Å². The highest BCUT2D eigenvalue weighted by Gasteiger charge is 2.14. The third-order valence-corrected chi connectivity index (χ3v) is 4.52. The molecule has 23 heavy (non-hydrogen) atoms. The Morgan fingerprint density at radius 2 is 1.74 bits per heavy atom. The molecule has 1 aliphatic carbocycles. The first-order valence-electron chi connectivity index (χ1n) is 8.09. The quantitative estimate of drug-likeness (QED) is 0.527. The number of hydrogen-bond donors (Lipinski definition) is 0. The molecule has 0 amide bonds. The SMILES string of the molecule is O=C(Cc1cccc2ccccc12)Oc1ccc2c(c1)CCC2. The zero-order chi connectivity index (χ0) is 15.6. The van der Waals surface area contributed by atoms with Crippen molar-refractivity contribution in [2.75, 3.05) is 0 Å². The summed E-state index contributed by atoms with van der Waals surface area (Å²) in [5.41, 5.74) is 3.72. The molecule has 0 saturated heterocycles. The molecule has 3 aromatic carbocycles. The van der Waals surface area contributed by atoms with Gasteiger partial charge in [0.05, 0.1) is 6.42 Å². The van der Waals surface area contributed by atoms with E-state index in [2.05, 4.69) is 18.2 Å². The highest BCUT2D eigenvalue weighted by molar-refractivity contribution is 5.89. The number of fused-ring (bicyclic) bond motifs is 2. The molecule has 0 aliphatic heterocycles. The summed E-state index contributed by atoms with van der Waals surface area (Å²) >= 11 is 0. The van der Waals surface area contributed by atoms with Crippen LogP contribution in [0.15, 0.2) is 60.7 Å². The standard InChI is InChI=1S/C21H18O2/c22-21(23-19-12-11-15-6-3-8-17(15)13-19)14-18-9-4-7-16-5-1-2-10-20(16)18/h1-2,4-5,7,9-13H,3,6,8,14H2. The van der Waals surface area contributed by atoms with Crippen LogP contribution < -0.4 is 4.74 Å². The minimum atomic E-state index is -0.209. The van der Waals surface area contributed by atoms with Crippen molar-refractivity contribution in [1.82, 2.24) is 0 Å². The maximum absolute atomic E-state index is 12.3. The van der Waals surface area contributed by atoms with E-state index in [0.717, 1.165) is 29.2 Å². The lowest BCUT2D eigenvalue weighted by atomic mass is 10.0. The van der Waals surface area contributed by atoms with E-state index >= 15 is 0 Å². The van der Waals surface area contributed by atoms with Crippen LogP contribution in [0.3, 0.4) is 0 Å². The van der Waals surface area contributed by atoms with Gasteiger partial charge in [-0.3, -0.25) is 4.79 Å². The molecule has 4 rings (SSSR count). The predicted molar refractivity (Wildman–Crippen MR) is 91.8 cm³/mol. The molecule has 0 aromatic heterocycles. The number of rotatable bonds is 3. The number of benzene rings is 3. The first kappa shape index (κ1) is 14.0. The van der Waals surface area contributed by atoms with Gasteiger partial charge in [-0.15, -0.1) is 0 Å². The summed E-state index contributed by atoms with van der Waals surface area (Å²) in [7, 11) is 0. The van der Waals surface area contributed by atoms with E-state index in [9.17, 15) is 4.79 Å². The van der Waals surface area contributed by atoms with Gasteiger partial charge in [-0.1, -0.05) is 48.5 Å². The third-order valence-electron chi connectivity index (χ3n) is 4.52. The van der Waals surface area contributed by atoms with Crippen molar-refractivity contribution in [3.8, 4) is 5.75 Å². The fourth-order valence-electron chi connectivity index (χ4n) is 3.38. The van der Waals surface area contributed by atoms with Crippen molar-refractivity contribution >= 4 is 16.7 Å². The van der Waals surface area contributed by atoms with E-state index < -0.39 is 0 Å². The Labute approximate surface area is 135 Å². The second kappa shape index (κ2) is 5.88. The zero-order valence-electron chi connectivity index (χ0n) is 12.9. The molecule has 0 radical (unpaired) electrons. The smallest absolute Gasteiger partial charge is 0.315 e. The Bertz CT molecular complexity index is 875. The molecule has 0 saturated carbocycles. The molecule has 1 aliphatic rings. The van der Waals surface area contributed by atoms with E-state index in [1.165, 1.54) is 17.5 Å². The number of carbonyl (C=O) groups is 1. The van der Waals surface area contributed by atoms with Crippen LogP contribution in [0.2, 0.25) is 0 Å². The van der Waals surface area contributed by atoms with Gasteiger partial charge in [0.25, 0.3) is 0 Å². The minimum absolute atomic E-state index is 0.209. The molecule has 0 heterocycles. The molecule has 0 fully saturated rings. The van der Waals surface area contributed by atoms with Crippen LogP contribution in [-0.2, 0) is 24.1 Å². The summed E-state index contributed by atoms with van der Waals surface area (Å²) in [5, 5.41) is 2.26. The van der Waals surface area contributed by atoms with Gasteiger partial charge in [0, 0.05) is 0 Å². The summed E-state index contributed by atoms with van der Waals surface area (Å²) in [6, 6.07) is 20.2. The fourth-order valence-corrected chi connectivity index (χ4v) is 3.38. The summed E-state index contributed by atoms with van der Waals surface area (Å²) < 4.78 is 5.55. The lowest BCUT2D eigenvalue weighted by Gasteiger charge is -2.08. The van der Waals surface area contributed by atoms with E-state index in [1.54, 1.807) is 0 Å². The number of esters is 1. The van der Waals surface area contributed by atoms with Crippen molar-refractivity contribution < 1.29 is 9.53 Å². The molecule has 2 heteroatoms. The van der Waals surface area contributed by atoms with Crippen molar-refractivity contribution in [1.29, 1.82) is 0 Å². The molecule has 0 atom stereocenters. The molecule has 0 N–H and O–H groups in total. The van der Waals surface area contributed by atoms with E-state index in [0.29, 0.717) is 12.2 Å². The van der Waals surface area contributed by atoms with E-state index in [4.69, 9.17) is 4.74 Å². The minimum Gasteiger partial charge on any atom is -0.426 e. The maximum atomic E-state index is 12.3. The Hall–Kier alpha value is -2.61. The molecule has 114 valence electrons. The second-order valence-corrected chi connectivity index (χ2v) is 6.07. The van der Waals surface area contributed by atoms with Crippen LogP contribution in [0.1, 0.15) is 23.1 Å². The molecule has 0 unspecified atom stereocenters. The molecule has 2 nitrogen and oxygen atoms in total. The van der Waals surface area contributed by atoms with Crippen molar-refractivity contribution in [2.45, 2.75) is 25.7 Å².